The van der Waals surface area contributed by atoms with E-state index in [0.717, 1.165) is 27.8 Å². The minimum absolute atomic E-state index is 0.584. The summed E-state index contributed by atoms with van der Waals surface area (Å²) in [7, 11) is 0. The Morgan fingerprint density at radius 2 is 1.50 bits per heavy atom. The normalized spacial score (nSPS) is 10.5. The third-order valence-corrected chi connectivity index (χ3v) is 2.31. The Morgan fingerprint density at radius 1 is 0.875 bits per heavy atom. The molecule has 0 aliphatic heterocycles. The van der Waals surface area contributed by atoms with E-state index in [1.807, 2.05) is 0 Å². The number of ether oxygens (including phenoxy) is 2. The second-order valence-corrected chi connectivity index (χ2v) is 3.94. The Morgan fingerprint density at radius 3 is 2.00 bits per heavy atom. The van der Waals surface area contributed by atoms with Gasteiger partial charge >= 0.3 is 11.9 Å². The monoisotopic (exact) mass is 335 g/mol. The van der Waals surface area contributed by atoms with Crippen molar-refractivity contribution >= 4 is 23.8 Å². The molecule has 24 heavy (non-hydrogen) atoms. The van der Waals surface area contributed by atoms with Gasteiger partial charge in [-0.05, 0) is 10.4 Å². The lowest BCUT2D eigenvalue weighted by Gasteiger charge is -2.01. The Kier molecular flexibility index (Phi) is 5.55. The number of nitrogens with zero attached hydrogens (tertiary/aromatic N) is 7. The molecule has 2 rings (SSSR count). The number of carbonyl (C=O) groups excluding carboxylic acids is 4. The summed E-state index contributed by atoms with van der Waals surface area (Å²) >= 11 is 0. The second-order valence-electron chi connectivity index (χ2n) is 3.94. The molecule has 2 aromatic rings. The first-order valence-corrected chi connectivity index (χ1v) is 6.23. The predicted octanol–water partition coefficient (Wildman–Crippen LogP) is -2.11. The highest BCUT2D eigenvalue weighted by Gasteiger charge is 2.10. The van der Waals surface area contributed by atoms with Gasteiger partial charge in [-0.1, -0.05) is 5.21 Å². The van der Waals surface area contributed by atoms with Crippen molar-refractivity contribution in [3.8, 4) is 0 Å². The van der Waals surface area contributed by atoms with Crippen LogP contribution >= 0.6 is 0 Å². The van der Waals surface area contributed by atoms with Crippen LogP contribution in [0.4, 0.5) is 0 Å². The van der Waals surface area contributed by atoms with Crippen molar-refractivity contribution in [1.82, 2.24) is 35.2 Å². The molecule has 0 aliphatic rings. The number of hydrogen-bond acceptors (Lipinski definition) is 11. The van der Waals surface area contributed by atoms with Crippen molar-refractivity contribution in [2.45, 2.75) is 0 Å². The van der Waals surface area contributed by atoms with Crippen LogP contribution in [0.2, 0.25) is 0 Å². The zero-order valence-electron chi connectivity index (χ0n) is 11.9. The summed E-state index contributed by atoms with van der Waals surface area (Å²) in [5.74, 6) is -3.21. The fourth-order valence-electron chi connectivity index (χ4n) is 1.25. The van der Waals surface area contributed by atoms with Crippen molar-refractivity contribution in [3.63, 3.8) is 0 Å². The fourth-order valence-corrected chi connectivity index (χ4v) is 1.25. The molecule has 0 bridgehead atoms. The van der Waals surface area contributed by atoms with Gasteiger partial charge in [0.15, 0.2) is 13.2 Å². The molecule has 0 aromatic carbocycles. The lowest BCUT2D eigenvalue weighted by molar-refractivity contribution is -0.139. The lowest BCUT2D eigenvalue weighted by atomic mass is 10.5. The maximum Gasteiger partial charge on any atom is 0.331 e. The number of tetrazole rings is 1. The van der Waals surface area contributed by atoms with Gasteiger partial charge in [0.25, 0.3) is 11.8 Å². The van der Waals surface area contributed by atoms with E-state index in [-0.39, 0.29) is 0 Å². The number of rotatable bonds is 6. The Balaban J connectivity index is 1.70. The van der Waals surface area contributed by atoms with Crippen LogP contribution in [-0.2, 0) is 19.1 Å². The molecule has 0 aliphatic carbocycles. The van der Waals surface area contributed by atoms with Crippen molar-refractivity contribution in [1.29, 1.82) is 0 Å². The van der Waals surface area contributed by atoms with Crippen LogP contribution in [0.5, 0.6) is 0 Å². The molecule has 2 aromatic heterocycles. The fraction of sp³-hybridized carbons (Fsp3) is 0.182. The highest BCUT2D eigenvalue weighted by Crippen LogP contribution is 1.90. The number of carbonyl (C=O) groups is 4. The molecule has 0 unspecified atom stereocenters. The van der Waals surface area contributed by atoms with Crippen LogP contribution in [0.1, 0.15) is 9.59 Å². The maximum atomic E-state index is 11.4. The molecule has 0 fully saturated rings. The van der Waals surface area contributed by atoms with E-state index in [4.69, 9.17) is 0 Å². The molecule has 124 valence electrons. The molecule has 0 saturated heterocycles. The molecule has 0 spiro atoms. The Hall–Kier alpha value is -3.77. The molecule has 0 saturated carbocycles. The highest BCUT2D eigenvalue weighted by atomic mass is 16.5. The van der Waals surface area contributed by atoms with E-state index in [0.29, 0.717) is 0 Å². The van der Waals surface area contributed by atoms with Gasteiger partial charge in [0, 0.05) is 12.2 Å². The van der Waals surface area contributed by atoms with E-state index in [2.05, 4.69) is 35.3 Å². The Bertz CT molecular complexity index is 688. The smallest absolute Gasteiger partial charge is 0.331 e. The average molecular weight is 335 g/mol. The van der Waals surface area contributed by atoms with E-state index >= 15 is 0 Å². The summed E-state index contributed by atoms with van der Waals surface area (Å²) in [6.07, 6.45) is 5.10. The van der Waals surface area contributed by atoms with Crippen LogP contribution in [0.25, 0.3) is 0 Å². The van der Waals surface area contributed by atoms with Gasteiger partial charge in [-0.15, -0.1) is 10.2 Å². The van der Waals surface area contributed by atoms with E-state index < -0.39 is 37.0 Å². The molecule has 2 heterocycles. The first-order valence-electron chi connectivity index (χ1n) is 6.23. The summed E-state index contributed by atoms with van der Waals surface area (Å²) in [6, 6.07) is 0. The second kappa shape index (κ2) is 8.02. The first kappa shape index (κ1) is 16.6. The summed E-state index contributed by atoms with van der Waals surface area (Å²) < 4.78 is 10.8. The molecule has 0 radical (unpaired) electrons. The molecule has 0 atom stereocenters. The molecule has 13 nitrogen and oxygen atoms in total. The van der Waals surface area contributed by atoms with Crippen LogP contribution in [-0.4, -0.2) is 72.2 Å². The number of esters is 2. The van der Waals surface area contributed by atoms with Crippen molar-refractivity contribution in [2.75, 3.05) is 13.2 Å². The van der Waals surface area contributed by atoms with Crippen molar-refractivity contribution < 1.29 is 28.7 Å². The topological polar surface area (TPSA) is 161 Å². The standard InChI is InChI=1S/C11H9N7O6/c19-8(17-4-3-12-15-17)5-23-10(21)1-2-11(22)24-6-9(20)18-7-13-14-16-18/h1-4,7H,5-6H2/b2-1+. The van der Waals surface area contributed by atoms with Gasteiger partial charge < -0.3 is 9.47 Å². The van der Waals surface area contributed by atoms with E-state index in [1.165, 1.54) is 12.4 Å². The summed E-state index contributed by atoms with van der Waals surface area (Å²) in [6.45, 7) is -1.20. The van der Waals surface area contributed by atoms with Crippen LogP contribution in [0, 0.1) is 0 Å². The number of aromatic nitrogens is 7. The Labute approximate surface area is 132 Å². The zero-order chi connectivity index (χ0) is 17.4. The third kappa shape index (κ3) is 4.90. The third-order valence-electron chi connectivity index (χ3n) is 2.31. The van der Waals surface area contributed by atoms with Crippen LogP contribution < -0.4 is 0 Å². The van der Waals surface area contributed by atoms with E-state index in [9.17, 15) is 19.2 Å². The first-order chi connectivity index (χ1) is 11.6. The van der Waals surface area contributed by atoms with Gasteiger partial charge in [0.05, 0.1) is 12.4 Å². The highest BCUT2D eigenvalue weighted by molar-refractivity contribution is 5.93. The molecule has 0 N–H and O–H groups in total. The average Bonchev–Trinajstić information content (AvgIpc) is 3.28. The van der Waals surface area contributed by atoms with Crippen molar-refractivity contribution in [3.05, 3.63) is 30.9 Å². The minimum atomic E-state index is -0.962. The van der Waals surface area contributed by atoms with Crippen molar-refractivity contribution in [2.24, 2.45) is 0 Å². The molecule has 0 amide bonds. The largest absolute Gasteiger partial charge is 0.452 e. The molecule has 13 heteroatoms. The van der Waals surface area contributed by atoms with Crippen LogP contribution in [0.3, 0.4) is 0 Å². The molecular weight excluding hydrogens is 326 g/mol. The predicted molar refractivity (Wildman–Crippen MR) is 70.2 cm³/mol. The SMILES string of the molecule is O=C(/C=C/C(=O)OCC(=O)n1cnnn1)OCC(=O)n1ccnn1. The van der Waals surface area contributed by atoms with Gasteiger partial charge in [-0.3, -0.25) is 9.59 Å². The quantitative estimate of drug-likeness (QED) is 0.322. The summed E-state index contributed by atoms with van der Waals surface area (Å²) in [5.41, 5.74) is 0. The molecular formula is C11H9N7O6. The van der Waals surface area contributed by atoms with Gasteiger partial charge in [0.2, 0.25) is 0 Å². The lowest BCUT2D eigenvalue weighted by Crippen LogP contribution is -2.21. The minimum Gasteiger partial charge on any atom is -0.452 e. The van der Waals surface area contributed by atoms with Gasteiger partial charge in [0.1, 0.15) is 6.33 Å². The van der Waals surface area contributed by atoms with E-state index in [1.54, 1.807) is 0 Å². The summed E-state index contributed by atoms with van der Waals surface area (Å²) in [4.78, 5) is 45.5. The maximum absolute atomic E-state index is 11.4. The van der Waals surface area contributed by atoms with Crippen LogP contribution in [0.15, 0.2) is 30.9 Å². The van der Waals surface area contributed by atoms with Gasteiger partial charge in [-0.2, -0.15) is 9.36 Å². The zero-order valence-corrected chi connectivity index (χ0v) is 11.9. The van der Waals surface area contributed by atoms with Gasteiger partial charge in [-0.25, -0.2) is 9.59 Å². The summed E-state index contributed by atoms with van der Waals surface area (Å²) in [5, 5.41) is 16.6. The number of hydrogen-bond donors (Lipinski definition) is 0.